The van der Waals surface area contributed by atoms with Crippen molar-refractivity contribution in [3.8, 4) is 6.07 Å². The highest BCUT2D eigenvalue weighted by Crippen LogP contribution is 2.16. The van der Waals surface area contributed by atoms with Gasteiger partial charge in [-0.3, -0.25) is 4.90 Å². The molecule has 0 heterocycles. The normalized spacial score (nSPS) is 14.1. The Hall–Kier alpha value is -0.590. The fourth-order valence-corrected chi connectivity index (χ4v) is 1.39. The summed E-state index contributed by atoms with van der Waals surface area (Å²) in [5, 5.41) is 8.88. The Bertz CT molecular complexity index is 193. The Labute approximate surface area is 87.9 Å². The van der Waals surface area contributed by atoms with Gasteiger partial charge in [0.15, 0.2) is 0 Å². The topological polar surface area (TPSA) is 53.0 Å². The number of nitrogens with two attached hydrogens (primary N) is 1. The van der Waals surface area contributed by atoms with E-state index in [0.717, 1.165) is 19.5 Å². The molecule has 1 atom stereocenters. The Morgan fingerprint density at radius 1 is 1.50 bits per heavy atom. The SMILES string of the molecule is CCCN(CC(C)(C)CN)C(C)C#N. The molecule has 0 aromatic rings. The van der Waals surface area contributed by atoms with Crippen molar-refractivity contribution in [2.75, 3.05) is 19.6 Å². The summed E-state index contributed by atoms with van der Waals surface area (Å²) in [5.74, 6) is 0. The average molecular weight is 197 g/mol. The van der Waals surface area contributed by atoms with E-state index in [4.69, 9.17) is 11.0 Å². The van der Waals surface area contributed by atoms with Crippen LogP contribution in [0.5, 0.6) is 0 Å². The Morgan fingerprint density at radius 3 is 2.43 bits per heavy atom. The fraction of sp³-hybridized carbons (Fsp3) is 0.909. The van der Waals surface area contributed by atoms with Gasteiger partial charge in [-0.2, -0.15) is 5.26 Å². The van der Waals surface area contributed by atoms with Gasteiger partial charge in [-0.15, -0.1) is 0 Å². The maximum Gasteiger partial charge on any atom is 0.0949 e. The van der Waals surface area contributed by atoms with E-state index >= 15 is 0 Å². The highest BCUT2D eigenvalue weighted by Gasteiger charge is 2.22. The van der Waals surface area contributed by atoms with Gasteiger partial charge < -0.3 is 5.73 Å². The average Bonchev–Trinajstić information content (AvgIpc) is 2.16. The maximum atomic E-state index is 8.88. The maximum absolute atomic E-state index is 8.88. The molecule has 0 aromatic heterocycles. The van der Waals surface area contributed by atoms with Crippen molar-refractivity contribution in [3.05, 3.63) is 0 Å². The second-order valence-corrected chi connectivity index (χ2v) is 4.64. The Morgan fingerprint density at radius 2 is 2.07 bits per heavy atom. The standard InChI is InChI=1S/C11H23N3/c1-5-6-14(10(2)7-12)9-11(3,4)8-13/h10H,5-6,8-9,13H2,1-4H3. The van der Waals surface area contributed by atoms with Gasteiger partial charge in [-0.25, -0.2) is 0 Å². The third-order valence-electron chi connectivity index (χ3n) is 2.43. The molecular weight excluding hydrogens is 174 g/mol. The summed E-state index contributed by atoms with van der Waals surface area (Å²) >= 11 is 0. The molecule has 0 amide bonds. The molecule has 3 heteroatoms. The number of rotatable bonds is 6. The van der Waals surface area contributed by atoms with E-state index in [9.17, 15) is 0 Å². The first-order valence-corrected chi connectivity index (χ1v) is 5.30. The van der Waals surface area contributed by atoms with Gasteiger partial charge >= 0.3 is 0 Å². The molecule has 0 aromatic carbocycles. The van der Waals surface area contributed by atoms with Crippen LogP contribution in [0.3, 0.4) is 0 Å². The molecule has 1 unspecified atom stereocenters. The highest BCUT2D eigenvalue weighted by atomic mass is 15.2. The lowest BCUT2D eigenvalue weighted by atomic mass is 9.92. The first-order valence-electron chi connectivity index (χ1n) is 5.30. The fourth-order valence-electron chi connectivity index (χ4n) is 1.39. The molecule has 0 aliphatic heterocycles. The minimum absolute atomic E-state index is 0.0132. The molecule has 0 radical (unpaired) electrons. The third kappa shape index (κ3) is 4.59. The second-order valence-electron chi connectivity index (χ2n) is 4.64. The van der Waals surface area contributed by atoms with Gasteiger partial charge in [0.2, 0.25) is 0 Å². The predicted octanol–water partition coefficient (Wildman–Crippen LogP) is 1.60. The Kier molecular flexibility index (Phi) is 5.75. The summed E-state index contributed by atoms with van der Waals surface area (Å²) in [6.07, 6.45) is 1.08. The summed E-state index contributed by atoms with van der Waals surface area (Å²) in [4.78, 5) is 2.20. The van der Waals surface area contributed by atoms with Crippen LogP contribution in [-0.4, -0.2) is 30.6 Å². The van der Waals surface area contributed by atoms with Crippen molar-refractivity contribution in [2.45, 2.75) is 40.2 Å². The molecule has 0 saturated carbocycles. The number of hydrogen-bond donors (Lipinski definition) is 1. The number of hydrogen-bond acceptors (Lipinski definition) is 3. The quantitative estimate of drug-likeness (QED) is 0.703. The van der Waals surface area contributed by atoms with Crippen molar-refractivity contribution < 1.29 is 0 Å². The molecular formula is C11H23N3. The van der Waals surface area contributed by atoms with Gasteiger partial charge in [0.05, 0.1) is 12.1 Å². The first kappa shape index (κ1) is 13.4. The van der Waals surface area contributed by atoms with Crippen LogP contribution in [0.2, 0.25) is 0 Å². The van der Waals surface area contributed by atoms with Gasteiger partial charge in [0.1, 0.15) is 0 Å². The van der Waals surface area contributed by atoms with Crippen molar-refractivity contribution in [1.82, 2.24) is 4.90 Å². The zero-order valence-electron chi connectivity index (χ0n) is 9.88. The van der Waals surface area contributed by atoms with E-state index in [0.29, 0.717) is 6.54 Å². The largest absolute Gasteiger partial charge is 0.330 e. The van der Waals surface area contributed by atoms with Crippen molar-refractivity contribution >= 4 is 0 Å². The van der Waals surface area contributed by atoms with Gasteiger partial charge in [0.25, 0.3) is 0 Å². The molecule has 2 N–H and O–H groups in total. The van der Waals surface area contributed by atoms with E-state index in [1.165, 1.54) is 0 Å². The Balaban J connectivity index is 4.30. The number of nitriles is 1. The molecule has 0 aliphatic rings. The van der Waals surface area contributed by atoms with Crippen molar-refractivity contribution in [3.63, 3.8) is 0 Å². The minimum atomic E-state index is -0.0132. The van der Waals surface area contributed by atoms with E-state index in [2.05, 4.69) is 31.7 Å². The van der Waals surface area contributed by atoms with E-state index in [1.807, 2.05) is 6.92 Å². The summed E-state index contributed by atoms with van der Waals surface area (Å²) < 4.78 is 0. The van der Waals surface area contributed by atoms with E-state index < -0.39 is 0 Å². The molecule has 0 fully saturated rings. The summed E-state index contributed by atoms with van der Waals surface area (Å²) in [6.45, 7) is 10.9. The monoisotopic (exact) mass is 197 g/mol. The zero-order valence-corrected chi connectivity index (χ0v) is 9.88. The van der Waals surface area contributed by atoms with Crippen LogP contribution in [0, 0.1) is 16.7 Å². The van der Waals surface area contributed by atoms with Gasteiger partial charge in [0, 0.05) is 6.54 Å². The van der Waals surface area contributed by atoms with Crippen molar-refractivity contribution in [2.24, 2.45) is 11.1 Å². The van der Waals surface area contributed by atoms with E-state index in [-0.39, 0.29) is 11.5 Å². The van der Waals surface area contributed by atoms with Gasteiger partial charge in [-0.1, -0.05) is 20.8 Å². The molecule has 82 valence electrons. The molecule has 0 rings (SSSR count). The molecule has 0 bridgehead atoms. The van der Waals surface area contributed by atoms with Crippen LogP contribution in [-0.2, 0) is 0 Å². The van der Waals surface area contributed by atoms with Crippen LogP contribution < -0.4 is 5.73 Å². The summed E-state index contributed by atoms with van der Waals surface area (Å²) in [7, 11) is 0. The van der Waals surface area contributed by atoms with Crippen LogP contribution >= 0.6 is 0 Å². The van der Waals surface area contributed by atoms with Crippen LogP contribution in [0.25, 0.3) is 0 Å². The summed E-state index contributed by atoms with van der Waals surface area (Å²) in [6, 6.07) is 2.27. The van der Waals surface area contributed by atoms with Crippen LogP contribution in [0.4, 0.5) is 0 Å². The zero-order chi connectivity index (χ0) is 11.2. The third-order valence-corrected chi connectivity index (χ3v) is 2.43. The highest BCUT2D eigenvalue weighted by molar-refractivity contribution is 4.90. The number of nitrogens with zero attached hydrogens (tertiary/aromatic N) is 2. The molecule has 0 aliphatic carbocycles. The van der Waals surface area contributed by atoms with Gasteiger partial charge in [-0.05, 0) is 31.8 Å². The molecule has 14 heavy (non-hydrogen) atoms. The smallest absolute Gasteiger partial charge is 0.0949 e. The van der Waals surface area contributed by atoms with Crippen LogP contribution in [0.1, 0.15) is 34.1 Å². The molecule has 3 nitrogen and oxygen atoms in total. The second kappa shape index (κ2) is 6.00. The predicted molar refractivity (Wildman–Crippen MR) is 59.8 cm³/mol. The lowest BCUT2D eigenvalue weighted by Crippen LogP contribution is -2.43. The minimum Gasteiger partial charge on any atom is -0.330 e. The lowest BCUT2D eigenvalue weighted by Gasteiger charge is -2.33. The first-order chi connectivity index (χ1) is 6.46. The summed E-state index contributed by atoms with van der Waals surface area (Å²) in [5.41, 5.74) is 5.78. The lowest BCUT2D eigenvalue weighted by molar-refractivity contribution is 0.164. The molecule has 0 saturated heterocycles. The van der Waals surface area contributed by atoms with E-state index in [1.54, 1.807) is 0 Å². The van der Waals surface area contributed by atoms with Crippen LogP contribution in [0.15, 0.2) is 0 Å². The molecule has 0 spiro atoms. The van der Waals surface area contributed by atoms with Crippen molar-refractivity contribution in [1.29, 1.82) is 5.26 Å².